The molecule has 0 saturated carbocycles. The second kappa shape index (κ2) is 8.81. The van der Waals surface area contributed by atoms with Crippen LogP contribution in [-0.2, 0) is 4.79 Å². The molecule has 1 aromatic carbocycles. The van der Waals surface area contributed by atoms with Gasteiger partial charge in [-0.1, -0.05) is 24.3 Å². The number of nitriles is 5. The van der Waals surface area contributed by atoms with Crippen molar-refractivity contribution >= 4 is 17.3 Å². The summed E-state index contributed by atoms with van der Waals surface area (Å²) in [6.45, 7) is 3.37. The van der Waals surface area contributed by atoms with Gasteiger partial charge in [0.25, 0.3) is 5.91 Å². The highest BCUT2D eigenvalue weighted by Crippen LogP contribution is 2.31. The number of fused-ring (bicyclic) bond motifs is 1. The summed E-state index contributed by atoms with van der Waals surface area (Å²) in [6, 6.07) is 16.5. The van der Waals surface area contributed by atoms with Crippen LogP contribution in [0.2, 0.25) is 0 Å². The van der Waals surface area contributed by atoms with Gasteiger partial charge in [0.05, 0.1) is 17.0 Å². The van der Waals surface area contributed by atoms with Crippen LogP contribution >= 0.6 is 0 Å². The lowest BCUT2D eigenvalue weighted by Crippen LogP contribution is -2.21. The minimum Gasteiger partial charge on any atom is -0.309 e. The molecule has 142 valence electrons. The van der Waals surface area contributed by atoms with Crippen LogP contribution < -0.4 is 0 Å². The van der Waals surface area contributed by atoms with Crippen molar-refractivity contribution in [3.05, 3.63) is 63.4 Å². The molecule has 3 rings (SSSR count). The molecule has 0 N–H and O–H groups in total. The van der Waals surface area contributed by atoms with E-state index in [0.717, 1.165) is 21.7 Å². The molecule has 0 saturated heterocycles. The summed E-state index contributed by atoms with van der Waals surface area (Å²) in [5.74, 6) is -0.357. The Kier molecular flexibility index (Phi) is 6.27. The van der Waals surface area contributed by atoms with Crippen LogP contribution in [0.4, 0.5) is 0 Å². The average Bonchev–Trinajstić information content (AvgIpc) is 3.20. The van der Waals surface area contributed by atoms with Gasteiger partial charge in [0.1, 0.15) is 30.3 Å². The molecule has 2 aliphatic rings. The third kappa shape index (κ3) is 3.56. The van der Waals surface area contributed by atoms with Gasteiger partial charge >= 0.3 is 0 Å². The number of likely N-dealkylation sites (N-methyl/N-ethyl adjacent to an activating group) is 1. The highest BCUT2D eigenvalue weighted by Gasteiger charge is 2.32. The number of carbonyl (C=O) groups is 1. The van der Waals surface area contributed by atoms with E-state index in [0.29, 0.717) is 5.70 Å². The van der Waals surface area contributed by atoms with Crippen molar-refractivity contribution in [2.45, 2.75) is 13.8 Å². The summed E-state index contributed by atoms with van der Waals surface area (Å²) in [5.41, 5.74) is 3.52. The fourth-order valence-electron chi connectivity index (χ4n) is 2.98. The maximum atomic E-state index is 11.5. The first-order valence-corrected chi connectivity index (χ1v) is 8.49. The third-order valence-electron chi connectivity index (χ3n) is 4.46. The van der Waals surface area contributed by atoms with Crippen LogP contribution in [0.5, 0.6) is 0 Å². The molecule has 2 heterocycles. The van der Waals surface area contributed by atoms with Crippen LogP contribution in [0.1, 0.15) is 25.0 Å². The van der Waals surface area contributed by atoms with Gasteiger partial charge in [-0.05, 0) is 13.8 Å². The summed E-state index contributed by atoms with van der Waals surface area (Å²) in [4.78, 5) is 16.9. The minimum atomic E-state index is -0.357. The normalized spacial score (nSPS) is 13.6. The second-order valence-electron chi connectivity index (χ2n) is 6.11. The number of hydrogen-bond acceptors (Lipinski definition) is 7. The second-order valence-corrected chi connectivity index (χ2v) is 6.11. The zero-order chi connectivity index (χ0) is 22.4. The van der Waals surface area contributed by atoms with Crippen LogP contribution in [0.25, 0.3) is 5.70 Å². The number of rotatable bonds is 0. The molecule has 1 amide bonds. The van der Waals surface area contributed by atoms with Crippen LogP contribution in [0.15, 0.2) is 57.2 Å². The van der Waals surface area contributed by atoms with Gasteiger partial charge < -0.3 is 4.90 Å². The van der Waals surface area contributed by atoms with Crippen LogP contribution in [-0.4, -0.2) is 23.6 Å². The molecule has 8 nitrogen and oxygen atoms in total. The molecule has 0 aromatic heterocycles. The van der Waals surface area contributed by atoms with E-state index >= 15 is 0 Å². The highest BCUT2D eigenvalue weighted by molar-refractivity contribution is 6.11. The van der Waals surface area contributed by atoms with Gasteiger partial charge in [-0.3, -0.25) is 9.79 Å². The van der Waals surface area contributed by atoms with Gasteiger partial charge in [-0.15, -0.1) is 0 Å². The smallest absolute Gasteiger partial charge is 0.255 e. The Bertz CT molecular complexity index is 1260. The van der Waals surface area contributed by atoms with Gasteiger partial charge in [-0.25, -0.2) is 0 Å². The summed E-state index contributed by atoms with van der Waals surface area (Å²) in [5, 5.41) is 43.8. The number of aliphatic imine (C=N–C) groups is 1. The van der Waals surface area contributed by atoms with E-state index < -0.39 is 0 Å². The van der Waals surface area contributed by atoms with Crippen molar-refractivity contribution in [2.75, 3.05) is 7.05 Å². The number of nitrogens with zero attached hydrogens (tertiary/aromatic N) is 7. The number of amides is 1. The van der Waals surface area contributed by atoms with Crippen molar-refractivity contribution in [3.63, 3.8) is 0 Å². The Hall–Kier alpha value is -4.97. The predicted molar refractivity (Wildman–Crippen MR) is 106 cm³/mol. The molecule has 1 aromatic rings. The topological polar surface area (TPSA) is 152 Å². The summed E-state index contributed by atoms with van der Waals surface area (Å²) in [6.07, 6.45) is 0. The minimum absolute atomic E-state index is 0.0688. The van der Waals surface area contributed by atoms with E-state index in [-0.39, 0.29) is 33.9 Å². The molecule has 0 fully saturated rings. The van der Waals surface area contributed by atoms with Gasteiger partial charge in [0, 0.05) is 29.5 Å². The summed E-state index contributed by atoms with van der Waals surface area (Å²) < 4.78 is 0. The summed E-state index contributed by atoms with van der Waals surface area (Å²) >= 11 is 0. The quantitative estimate of drug-likeness (QED) is 0.620. The first kappa shape index (κ1) is 21.3. The Morgan fingerprint density at radius 1 is 0.900 bits per heavy atom. The number of hydrogen-bond donors (Lipinski definition) is 0. The van der Waals surface area contributed by atoms with Crippen molar-refractivity contribution in [2.24, 2.45) is 4.99 Å². The van der Waals surface area contributed by atoms with E-state index in [9.17, 15) is 4.79 Å². The Morgan fingerprint density at radius 2 is 1.43 bits per heavy atom. The van der Waals surface area contributed by atoms with Crippen molar-refractivity contribution < 1.29 is 4.79 Å². The van der Waals surface area contributed by atoms with Crippen LogP contribution in [0.3, 0.4) is 0 Å². The maximum absolute atomic E-state index is 11.5. The summed E-state index contributed by atoms with van der Waals surface area (Å²) in [7, 11) is 1.43. The van der Waals surface area contributed by atoms with Crippen molar-refractivity contribution in [1.82, 2.24) is 4.90 Å². The first-order valence-electron chi connectivity index (χ1n) is 8.49. The van der Waals surface area contributed by atoms with E-state index in [1.807, 2.05) is 49.4 Å². The Balaban J connectivity index is 0.000000214. The average molecular weight is 391 g/mol. The zero-order valence-electron chi connectivity index (χ0n) is 16.3. The zero-order valence-corrected chi connectivity index (χ0v) is 16.3. The Morgan fingerprint density at radius 3 is 1.93 bits per heavy atom. The molecule has 0 atom stereocenters. The van der Waals surface area contributed by atoms with Gasteiger partial charge in [-0.2, -0.15) is 26.3 Å². The fraction of sp³-hybridized carbons (Fsp3) is 0.136. The molecule has 30 heavy (non-hydrogen) atoms. The van der Waals surface area contributed by atoms with E-state index in [1.54, 1.807) is 12.1 Å². The lowest BCUT2D eigenvalue weighted by Gasteiger charge is -2.10. The lowest BCUT2D eigenvalue weighted by molar-refractivity contribution is -0.123. The Labute approximate surface area is 173 Å². The standard InChI is InChI=1S/C12H7N3.C10H6N4O/c1-8-10-4-2-3-5-11(10)12(15-8)9(6-13)7-14;1-6-8(5-13)9(7(3-11)4-12)14(2)10(6)15/h2-5H,1H3;1-2H3. The molecule has 0 bridgehead atoms. The lowest BCUT2D eigenvalue weighted by atomic mass is 10.0. The van der Waals surface area contributed by atoms with Crippen molar-refractivity contribution in [1.29, 1.82) is 26.3 Å². The SMILES string of the molecule is CC1=C(C#N)C(=C(C#N)C#N)N(C)C1=O.CC1=NC(=C(C#N)C#N)c2ccccc21. The van der Waals surface area contributed by atoms with Gasteiger partial charge in [0.2, 0.25) is 0 Å². The molecule has 0 radical (unpaired) electrons. The van der Waals surface area contributed by atoms with Crippen molar-refractivity contribution in [3.8, 4) is 30.3 Å². The highest BCUT2D eigenvalue weighted by atomic mass is 16.2. The molecule has 2 aliphatic heterocycles. The van der Waals surface area contributed by atoms with Crippen LogP contribution in [0, 0.1) is 56.7 Å². The number of carbonyl (C=O) groups excluding carboxylic acids is 1. The molecule has 0 spiro atoms. The van der Waals surface area contributed by atoms with Gasteiger partial charge in [0.15, 0.2) is 11.1 Å². The number of benzene rings is 1. The van der Waals surface area contributed by atoms with E-state index in [2.05, 4.69) is 4.99 Å². The molecular formula is C22H13N7O. The largest absolute Gasteiger partial charge is 0.309 e. The number of allylic oxidation sites excluding steroid dienone is 3. The predicted octanol–water partition coefficient (Wildman–Crippen LogP) is 2.87. The van der Waals surface area contributed by atoms with E-state index in [1.165, 1.54) is 14.0 Å². The molecular weight excluding hydrogens is 378 g/mol. The monoisotopic (exact) mass is 391 g/mol. The molecule has 0 unspecified atom stereocenters. The fourth-order valence-corrected chi connectivity index (χ4v) is 2.98. The van der Waals surface area contributed by atoms with E-state index in [4.69, 9.17) is 26.3 Å². The molecule has 8 heteroatoms. The third-order valence-corrected chi connectivity index (χ3v) is 4.46. The first-order chi connectivity index (χ1) is 14.4. The molecule has 0 aliphatic carbocycles. The maximum Gasteiger partial charge on any atom is 0.255 e.